The second-order valence-electron chi connectivity index (χ2n) is 6.69. The number of rotatable bonds is 3. The molecule has 1 aromatic heterocycles. The summed E-state index contributed by atoms with van der Waals surface area (Å²) in [6.07, 6.45) is 3.83. The monoisotopic (exact) mass is 332 g/mol. The van der Waals surface area contributed by atoms with Gasteiger partial charge in [0.15, 0.2) is 0 Å². The first-order valence-corrected chi connectivity index (χ1v) is 8.71. The minimum Gasteiger partial charge on any atom is -0.334 e. The van der Waals surface area contributed by atoms with Crippen molar-refractivity contribution in [3.8, 4) is 6.07 Å². The van der Waals surface area contributed by atoms with Crippen LogP contribution in [-0.2, 0) is 6.54 Å². The van der Waals surface area contributed by atoms with Gasteiger partial charge in [0.2, 0.25) is 0 Å². The smallest absolute Gasteiger partial charge is 0.254 e. The van der Waals surface area contributed by atoms with Gasteiger partial charge in [-0.3, -0.25) is 14.7 Å². The summed E-state index contributed by atoms with van der Waals surface area (Å²) in [5.41, 5.74) is 2.22. The summed E-state index contributed by atoms with van der Waals surface area (Å²) in [7, 11) is 0. The van der Waals surface area contributed by atoms with Gasteiger partial charge in [-0.05, 0) is 43.2 Å². The lowest BCUT2D eigenvalue weighted by Gasteiger charge is -2.25. The molecule has 3 heterocycles. The standard InChI is InChI=1S/C20H20N4O/c21-13-15-4-3-5-16(12-15)20(25)24-11-8-18-19(24)7-10-23(18)14-17-6-1-2-9-22-17/h1-6,9,12,18-19H,7-8,10-11,14H2/t18-,19+/m1/s1. The zero-order chi connectivity index (χ0) is 17.2. The van der Waals surface area contributed by atoms with E-state index in [1.165, 1.54) is 0 Å². The van der Waals surface area contributed by atoms with Gasteiger partial charge in [0.1, 0.15) is 0 Å². The molecular formula is C20H20N4O. The molecule has 1 amide bonds. The molecule has 4 rings (SSSR count). The molecule has 0 saturated carbocycles. The summed E-state index contributed by atoms with van der Waals surface area (Å²) in [5.74, 6) is 0.0456. The van der Waals surface area contributed by atoms with Crippen molar-refractivity contribution in [1.82, 2.24) is 14.8 Å². The highest BCUT2D eigenvalue weighted by atomic mass is 16.2. The number of likely N-dealkylation sites (tertiary alicyclic amines) is 2. The minimum absolute atomic E-state index is 0.0456. The maximum atomic E-state index is 12.9. The number of pyridine rings is 1. The number of aromatic nitrogens is 1. The van der Waals surface area contributed by atoms with Gasteiger partial charge in [0, 0.05) is 43.5 Å². The lowest BCUT2D eigenvalue weighted by Crippen LogP contribution is -2.39. The van der Waals surface area contributed by atoms with Crippen LogP contribution in [0.1, 0.15) is 34.5 Å². The van der Waals surface area contributed by atoms with Crippen molar-refractivity contribution in [1.29, 1.82) is 5.26 Å². The topological polar surface area (TPSA) is 60.2 Å². The van der Waals surface area contributed by atoms with E-state index in [2.05, 4.69) is 22.0 Å². The molecule has 0 unspecified atom stereocenters. The zero-order valence-electron chi connectivity index (χ0n) is 14.0. The summed E-state index contributed by atoms with van der Waals surface area (Å²) in [4.78, 5) is 21.8. The second-order valence-corrected chi connectivity index (χ2v) is 6.69. The summed E-state index contributed by atoms with van der Waals surface area (Å²) >= 11 is 0. The fraction of sp³-hybridized carbons (Fsp3) is 0.350. The zero-order valence-corrected chi connectivity index (χ0v) is 14.0. The third-order valence-corrected chi connectivity index (χ3v) is 5.28. The Labute approximate surface area is 147 Å². The first-order chi connectivity index (χ1) is 12.3. The minimum atomic E-state index is 0.0456. The molecule has 2 aromatic rings. The van der Waals surface area contributed by atoms with Crippen LogP contribution in [0, 0.1) is 11.3 Å². The molecule has 0 spiro atoms. The molecule has 126 valence electrons. The van der Waals surface area contributed by atoms with Crippen LogP contribution >= 0.6 is 0 Å². The first-order valence-electron chi connectivity index (χ1n) is 8.71. The first kappa shape index (κ1) is 15.8. The number of fused-ring (bicyclic) bond motifs is 1. The number of hydrogen-bond donors (Lipinski definition) is 0. The number of benzene rings is 1. The highest BCUT2D eigenvalue weighted by Gasteiger charge is 2.44. The van der Waals surface area contributed by atoms with Crippen molar-refractivity contribution in [2.45, 2.75) is 31.5 Å². The Bertz CT molecular complexity index is 814. The van der Waals surface area contributed by atoms with E-state index in [4.69, 9.17) is 5.26 Å². The molecule has 2 atom stereocenters. The summed E-state index contributed by atoms with van der Waals surface area (Å²) in [5, 5.41) is 9.05. The number of hydrogen-bond acceptors (Lipinski definition) is 4. The van der Waals surface area contributed by atoms with E-state index in [1.54, 1.807) is 24.3 Å². The Balaban J connectivity index is 1.48. The van der Waals surface area contributed by atoms with Crippen LogP contribution in [-0.4, -0.2) is 45.9 Å². The van der Waals surface area contributed by atoms with Crippen LogP contribution in [0.3, 0.4) is 0 Å². The average molecular weight is 332 g/mol. The molecule has 1 aromatic carbocycles. The largest absolute Gasteiger partial charge is 0.334 e. The van der Waals surface area contributed by atoms with Crippen molar-refractivity contribution >= 4 is 5.91 Å². The van der Waals surface area contributed by atoms with E-state index in [1.807, 2.05) is 23.2 Å². The molecule has 5 heteroatoms. The fourth-order valence-electron chi connectivity index (χ4n) is 4.11. The number of nitrogens with zero attached hydrogens (tertiary/aromatic N) is 4. The maximum Gasteiger partial charge on any atom is 0.254 e. The van der Waals surface area contributed by atoms with Crippen LogP contribution in [0.4, 0.5) is 0 Å². The average Bonchev–Trinajstić information content (AvgIpc) is 3.25. The summed E-state index contributed by atoms with van der Waals surface area (Å²) in [6.45, 7) is 2.62. The normalized spacial score (nSPS) is 22.6. The highest BCUT2D eigenvalue weighted by Crippen LogP contribution is 2.33. The molecule has 2 fully saturated rings. The molecule has 2 aliphatic rings. The van der Waals surface area contributed by atoms with Crippen molar-refractivity contribution in [3.05, 3.63) is 65.5 Å². The van der Waals surface area contributed by atoms with Crippen LogP contribution in [0.2, 0.25) is 0 Å². The van der Waals surface area contributed by atoms with Gasteiger partial charge in [0.25, 0.3) is 5.91 Å². The molecule has 0 radical (unpaired) electrons. The Hall–Kier alpha value is -2.71. The molecular weight excluding hydrogens is 312 g/mol. The van der Waals surface area contributed by atoms with Gasteiger partial charge in [-0.1, -0.05) is 12.1 Å². The van der Waals surface area contributed by atoms with E-state index in [0.717, 1.165) is 38.2 Å². The van der Waals surface area contributed by atoms with Crippen molar-refractivity contribution < 1.29 is 4.79 Å². The number of carbonyl (C=O) groups excluding carboxylic acids is 1. The molecule has 0 bridgehead atoms. The molecule has 2 saturated heterocycles. The van der Waals surface area contributed by atoms with Gasteiger partial charge < -0.3 is 4.90 Å². The van der Waals surface area contributed by atoms with Crippen LogP contribution < -0.4 is 0 Å². The summed E-state index contributed by atoms with van der Waals surface area (Å²) < 4.78 is 0. The Morgan fingerprint density at radius 1 is 1.16 bits per heavy atom. The maximum absolute atomic E-state index is 12.9. The fourth-order valence-corrected chi connectivity index (χ4v) is 4.11. The lowest BCUT2D eigenvalue weighted by molar-refractivity contribution is 0.0732. The molecule has 0 aliphatic carbocycles. The number of carbonyl (C=O) groups is 1. The summed E-state index contributed by atoms with van der Waals surface area (Å²) in [6, 6.07) is 15.8. The molecule has 5 nitrogen and oxygen atoms in total. The number of nitriles is 1. The Morgan fingerprint density at radius 2 is 2.04 bits per heavy atom. The van der Waals surface area contributed by atoms with Gasteiger partial charge >= 0.3 is 0 Å². The Kier molecular flexibility index (Phi) is 4.21. The van der Waals surface area contributed by atoms with Crippen molar-refractivity contribution in [2.24, 2.45) is 0 Å². The molecule has 2 aliphatic heterocycles. The highest BCUT2D eigenvalue weighted by molar-refractivity contribution is 5.95. The van der Waals surface area contributed by atoms with Gasteiger partial charge in [-0.2, -0.15) is 5.26 Å². The molecule has 0 N–H and O–H groups in total. The van der Waals surface area contributed by atoms with Gasteiger partial charge in [-0.15, -0.1) is 0 Å². The van der Waals surface area contributed by atoms with E-state index >= 15 is 0 Å². The van der Waals surface area contributed by atoms with Crippen LogP contribution in [0.15, 0.2) is 48.7 Å². The second kappa shape index (κ2) is 6.66. The van der Waals surface area contributed by atoms with E-state index < -0.39 is 0 Å². The van der Waals surface area contributed by atoms with Gasteiger partial charge in [-0.25, -0.2) is 0 Å². The predicted octanol–water partition coefficient (Wildman–Crippen LogP) is 2.44. The molecule has 25 heavy (non-hydrogen) atoms. The Morgan fingerprint density at radius 3 is 2.84 bits per heavy atom. The van der Waals surface area contributed by atoms with Crippen molar-refractivity contribution in [3.63, 3.8) is 0 Å². The predicted molar refractivity (Wildman–Crippen MR) is 93.7 cm³/mol. The van der Waals surface area contributed by atoms with Crippen molar-refractivity contribution in [2.75, 3.05) is 13.1 Å². The van der Waals surface area contributed by atoms with E-state index in [-0.39, 0.29) is 11.9 Å². The van der Waals surface area contributed by atoms with Crippen LogP contribution in [0.25, 0.3) is 0 Å². The third kappa shape index (κ3) is 3.01. The third-order valence-electron chi connectivity index (χ3n) is 5.28. The lowest BCUT2D eigenvalue weighted by atomic mass is 10.1. The van der Waals surface area contributed by atoms with Crippen LogP contribution in [0.5, 0.6) is 0 Å². The number of amides is 1. The van der Waals surface area contributed by atoms with Gasteiger partial charge in [0.05, 0.1) is 17.3 Å². The quantitative estimate of drug-likeness (QED) is 0.866. The SMILES string of the molecule is N#Cc1cccc(C(=O)N2CC[C@@H]3[C@@H]2CCN3Cc2ccccn2)c1. The van der Waals surface area contributed by atoms with E-state index in [9.17, 15) is 4.79 Å². The van der Waals surface area contributed by atoms with E-state index in [0.29, 0.717) is 17.2 Å².